The van der Waals surface area contributed by atoms with Crippen LogP contribution >= 0.6 is 0 Å². The number of aliphatic hydroxyl groups excluding tert-OH is 1. The fourth-order valence-electron chi connectivity index (χ4n) is 3.85. The Balaban J connectivity index is 1.63. The van der Waals surface area contributed by atoms with Crippen LogP contribution in [0.4, 0.5) is 41.7 Å². The van der Waals surface area contributed by atoms with Crippen LogP contribution in [0.5, 0.6) is 0 Å². The van der Waals surface area contributed by atoms with Gasteiger partial charge in [0.15, 0.2) is 0 Å². The van der Waals surface area contributed by atoms with Crippen LogP contribution in [0.25, 0.3) is 0 Å². The summed E-state index contributed by atoms with van der Waals surface area (Å²) in [7, 11) is -2.70. The summed E-state index contributed by atoms with van der Waals surface area (Å²) in [5.74, 6) is 0.128. The molecule has 3 aromatic rings. The van der Waals surface area contributed by atoms with Gasteiger partial charge in [0.25, 0.3) is 0 Å². The summed E-state index contributed by atoms with van der Waals surface area (Å²) >= 11 is 0. The largest absolute Gasteiger partial charge is 0.419 e. The number of pyridine rings is 1. The minimum absolute atomic E-state index is 0.0157. The van der Waals surface area contributed by atoms with Crippen molar-refractivity contribution in [2.75, 3.05) is 29.1 Å². The van der Waals surface area contributed by atoms with Crippen LogP contribution in [0, 0.1) is 0 Å². The Hall–Kier alpha value is -3.35. The highest BCUT2D eigenvalue weighted by Gasteiger charge is 2.35. The van der Waals surface area contributed by atoms with E-state index in [0.29, 0.717) is 18.3 Å². The van der Waals surface area contributed by atoms with Gasteiger partial charge in [-0.3, -0.25) is 0 Å². The third-order valence-corrected chi connectivity index (χ3v) is 7.09. The standard InChI is InChI=1S/C23H24F3N5O3S/c1-27-35(33,34)20-6-3-2-5-18(20)30-19-13-21(28-14-17(19)23(24,25)26)29-15-8-10-16(11-9-15)31-12-4-7-22(31)32/h2-3,5-6,8-11,13-14,22,27,32H,4,7,12H2,1H3,(H2,28,29,30). The SMILES string of the molecule is CNS(=O)(=O)c1ccccc1Nc1cc(Nc2ccc(N3CCCC3O)cc2)ncc1C(F)(F)F. The molecule has 2 aromatic carbocycles. The first-order valence-electron chi connectivity index (χ1n) is 10.8. The molecular formula is C23H24F3N5O3S. The lowest BCUT2D eigenvalue weighted by Crippen LogP contribution is -2.28. The van der Waals surface area contributed by atoms with Gasteiger partial charge in [-0.05, 0) is 56.3 Å². The Morgan fingerprint density at radius 1 is 1.06 bits per heavy atom. The lowest BCUT2D eigenvalue weighted by molar-refractivity contribution is -0.137. The predicted octanol–water partition coefficient (Wildman–Crippen LogP) is 4.41. The number of nitrogens with one attached hydrogen (secondary N) is 3. The maximum Gasteiger partial charge on any atom is 0.419 e. The highest BCUT2D eigenvalue weighted by molar-refractivity contribution is 7.89. The average molecular weight is 508 g/mol. The molecule has 0 radical (unpaired) electrons. The van der Waals surface area contributed by atoms with E-state index in [1.807, 2.05) is 4.90 Å². The normalized spacial score (nSPS) is 16.4. The fourth-order valence-corrected chi connectivity index (χ4v) is 4.73. The molecule has 4 N–H and O–H groups in total. The number of aliphatic hydroxyl groups is 1. The van der Waals surface area contributed by atoms with Gasteiger partial charge in [-0.15, -0.1) is 0 Å². The molecule has 4 rings (SSSR count). The van der Waals surface area contributed by atoms with Gasteiger partial charge < -0.3 is 20.6 Å². The van der Waals surface area contributed by atoms with Crippen LogP contribution in [-0.2, 0) is 16.2 Å². The summed E-state index contributed by atoms with van der Waals surface area (Å²) in [5, 5.41) is 15.6. The molecule has 1 aliphatic heterocycles. The molecule has 1 unspecified atom stereocenters. The molecule has 0 amide bonds. The Kier molecular flexibility index (Phi) is 6.88. The van der Waals surface area contributed by atoms with Gasteiger partial charge in [0.1, 0.15) is 16.9 Å². The molecule has 1 fully saturated rings. The van der Waals surface area contributed by atoms with Crippen LogP contribution in [0.2, 0.25) is 0 Å². The van der Waals surface area contributed by atoms with Crippen LogP contribution in [0.15, 0.2) is 65.7 Å². The van der Waals surface area contributed by atoms with Gasteiger partial charge in [0.05, 0.1) is 16.9 Å². The van der Waals surface area contributed by atoms with Crippen molar-refractivity contribution in [3.8, 4) is 0 Å². The van der Waals surface area contributed by atoms with Gasteiger partial charge in [0.2, 0.25) is 10.0 Å². The number of alkyl halides is 3. The number of para-hydroxylation sites is 1. The van der Waals surface area contributed by atoms with Crippen molar-refractivity contribution in [1.82, 2.24) is 9.71 Å². The highest BCUT2D eigenvalue weighted by atomic mass is 32.2. The van der Waals surface area contributed by atoms with E-state index in [-0.39, 0.29) is 22.1 Å². The van der Waals surface area contributed by atoms with Gasteiger partial charge in [-0.1, -0.05) is 12.1 Å². The van der Waals surface area contributed by atoms with E-state index in [4.69, 9.17) is 0 Å². The molecule has 0 spiro atoms. The van der Waals surface area contributed by atoms with Crippen molar-refractivity contribution < 1.29 is 26.7 Å². The van der Waals surface area contributed by atoms with Crippen molar-refractivity contribution in [3.05, 3.63) is 66.4 Å². The van der Waals surface area contributed by atoms with Crippen molar-refractivity contribution in [1.29, 1.82) is 0 Å². The van der Waals surface area contributed by atoms with E-state index < -0.39 is 28.0 Å². The lowest BCUT2D eigenvalue weighted by Gasteiger charge is -2.22. The zero-order valence-electron chi connectivity index (χ0n) is 18.7. The maximum absolute atomic E-state index is 13.7. The van der Waals surface area contributed by atoms with Gasteiger partial charge >= 0.3 is 6.18 Å². The topological polar surface area (TPSA) is 107 Å². The second kappa shape index (κ2) is 9.72. The van der Waals surface area contributed by atoms with Crippen molar-refractivity contribution >= 4 is 38.6 Å². The van der Waals surface area contributed by atoms with Gasteiger partial charge in [0, 0.05) is 30.2 Å². The summed E-state index contributed by atoms with van der Waals surface area (Å²) in [6, 6.07) is 13.9. The predicted molar refractivity (Wildman–Crippen MR) is 128 cm³/mol. The number of anilines is 5. The van der Waals surface area contributed by atoms with Gasteiger partial charge in [-0.25, -0.2) is 18.1 Å². The molecule has 1 atom stereocenters. The molecule has 186 valence electrons. The maximum atomic E-state index is 13.7. The number of hydrogen-bond acceptors (Lipinski definition) is 7. The second-order valence-corrected chi connectivity index (χ2v) is 9.78. The summed E-state index contributed by atoms with van der Waals surface area (Å²) in [5.41, 5.74) is 0.00565. The third-order valence-electron chi connectivity index (χ3n) is 5.62. The number of aromatic nitrogens is 1. The summed E-state index contributed by atoms with van der Waals surface area (Å²) < 4.78 is 67.9. The number of halogens is 3. The number of sulfonamides is 1. The van der Waals surface area contributed by atoms with Crippen LogP contribution < -0.4 is 20.3 Å². The molecule has 0 saturated carbocycles. The van der Waals surface area contributed by atoms with Gasteiger partial charge in [-0.2, -0.15) is 13.2 Å². The van der Waals surface area contributed by atoms with E-state index in [1.165, 1.54) is 37.4 Å². The first-order chi connectivity index (χ1) is 16.6. The smallest absolute Gasteiger partial charge is 0.374 e. The Morgan fingerprint density at radius 2 is 1.77 bits per heavy atom. The van der Waals surface area contributed by atoms with Crippen molar-refractivity contribution in [2.24, 2.45) is 0 Å². The fraction of sp³-hybridized carbons (Fsp3) is 0.261. The molecule has 1 aliphatic rings. The monoisotopic (exact) mass is 507 g/mol. The second-order valence-electron chi connectivity index (χ2n) is 7.93. The zero-order chi connectivity index (χ0) is 25.2. The molecule has 8 nitrogen and oxygen atoms in total. The minimum atomic E-state index is -4.72. The minimum Gasteiger partial charge on any atom is -0.374 e. The molecule has 1 saturated heterocycles. The molecule has 2 heterocycles. The molecule has 0 aliphatic carbocycles. The molecule has 1 aromatic heterocycles. The van der Waals surface area contributed by atoms with E-state index in [1.54, 1.807) is 24.3 Å². The van der Waals surface area contributed by atoms with E-state index >= 15 is 0 Å². The van der Waals surface area contributed by atoms with Crippen LogP contribution in [0.3, 0.4) is 0 Å². The van der Waals surface area contributed by atoms with Crippen molar-refractivity contribution in [3.63, 3.8) is 0 Å². The molecular weight excluding hydrogens is 483 g/mol. The number of rotatable bonds is 7. The first-order valence-corrected chi connectivity index (χ1v) is 12.3. The van der Waals surface area contributed by atoms with E-state index in [9.17, 15) is 26.7 Å². The van der Waals surface area contributed by atoms with Crippen molar-refractivity contribution in [2.45, 2.75) is 30.1 Å². The summed E-state index contributed by atoms with van der Waals surface area (Å²) in [6.07, 6.45) is -2.97. The third kappa shape index (κ3) is 5.50. The molecule has 12 heteroatoms. The first kappa shape index (κ1) is 24.8. The van der Waals surface area contributed by atoms with Crippen LogP contribution in [0.1, 0.15) is 18.4 Å². The Bertz CT molecular complexity index is 1300. The number of benzene rings is 2. The van der Waals surface area contributed by atoms with Crippen LogP contribution in [-0.4, -0.2) is 38.3 Å². The highest BCUT2D eigenvalue weighted by Crippen LogP contribution is 2.38. The number of nitrogens with zero attached hydrogens (tertiary/aromatic N) is 2. The van der Waals surface area contributed by atoms with E-state index in [2.05, 4.69) is 20.3 Å². The number of hydrogen-bond donors (Lipinski definition) is 4. The molecule has 35 heavy (non-hydrogen) atoms. The lowest BCUT2D eigenvalue weighted by atomic mass is 10.2. The molecule has 0 bridgehead atoms. The Labute approximate surface area is 200 Å². The Morgan fingerprint density at radius 3 is 2.40 bits per heavy atom. The zero-order valence-corrected chi connectivity index (χ0v) is 19.5. The average Bonchev–Trinajstić information content (AvgIpc) is 3.25. The summed E-state index contributed by atoms with van der Waals surface area (Å²) in [6.45, 7) is 0.744. The quantitative estimate of drug-likeness (QED) is 0.375. The summed E-state index contributed by atoms with van der Waals surface area (Å²) in [4.78, 5) is 5.57. The van der Waals surface area contributed by atoms with E-state index in [0.717, 1.165) is 18.7 Å².